The molecule has 2 aliphatic heterocycles. The third kappa shape index (κ3) is 6.08. The molecule has 1 aliphatic carbocycles. The summed E-state index contributed by atoms with van der Waals surface area (Å²) in [4.78, 5) is 26.9. The molecule has 3 heterocycles. The second kappa shape index (κ2) is 10.1. The van der Waals surface area contributed by atoms with Gasteiger partial charge in [0.1, 0.15) is 0 Å². The Bertz CT molecular complexity index is 954. The van der Waals surface area contributed by atoms with Gasteiger partial charge in [0, 0.05) is 31.6 Å². The number of halogens is 6. The van der Waals surface area contributed by atoms with E-state index in [1.54, 1.807) is 4.90 Å². The van der Waals surface area contributed by atoms with Gasteiger partial charge in [0.05, 0.1) is 18.6 Å². The molecule has 3 aliphatic rings. The van der Waals surface area contributed by atoms with Gasteiger partial charge in [0.15, 0.2) is 11.6 Å². The normalized spacial score (nSPS) is 25.0. The van der Waals surface area contributed by atoms with E-state index >= 15 is 0 Å². The van der Waals surface area contributed by atoms with E-state index in [1.165, 1.54) is 13.2 Å². The van der Waals surface area contributed by atoms with Crippen LogP contribution in [-0.4, -0.2) is 66.9 Å². The Morgan fingerprint density at radius 3 is 2.51 bits per heavy atom. The fraction of sp³-hybridized carbons (Fsp3) is 0.667. The molecule has 0 radical (unpaired) electrons. The average molecular weight is 512 g/mol. The number of hydrogen-bond donors (Lipinski definition) is 3. The van der Waals surface area contributed by atoms with Gasteiger partial charge >= 0.3 is 12.1 Å². The van der Waals surface area contributed by atoms with Crippen LogP contribution in [0.1, 0.15) is 37.7 Å². The van der Waals surface area contributed by atoms with Gasteiger partial charge < -0.3 is 25.4 Å². The van der Waals surface area contributed by atoms with Crippen molar-refractivity contribution in [2.45, 2.75) is 56.8 Å². The molecule has 35 heavy (non-hydrogen) atoms. The summed E-state index contributed by atoms with van der Waals surface area (Å²) in [5, 5.41) is 13.0. The number of carbonyl (C=O) groups is 2. The largest absolute Gasteiger partial charge is 0.490 e. The summed E-state index contributed by atoms with van der Waals surface area (Å²) < 4.78 is 79.3. The van der Waals surface area contributed by atoms with Crippen LogP contribution in [0.25, 0.3) is 0 Å². The second-order valence-corrected chi connectivity index (χ2v) is 8.82. The zero-order valence-electron chi connectivity index (χ0n) is 18.9. The number of carboxylic acids is 1. The number of carbonyl (C=O) groups excluding carboxylic acids is 1. The summed E-state index contributed by atoms with van der Waals surface area (Å²) >= 11 is 0. The van der Waals surface area contributed by atoms with Crippen molar-refractivity contribution in [3.05, 3.63) is 17.4 Å². The Labute approximate surface area is 197 Å². The number of nitrogens with zero attached hydrogens (tertiary/aromatic N) is 2. The monoisotopic (exact) mass is 512 g/mol. The molecule has 2 atom stereocenters. The minimum atomic E-state index is -5.08. The van der Waals surface area contributed by atoms with Crippen molar-refractivity contribution in [1.29, 1.82) is 0 Å². The Kier molecular flexibility index (Phi) is 7.72. The third-order valence-electron chi connectivity index (χ3n) is 6.35. The summed E-state index contributed by atoms with van der Waals surface area (Å²) in [6.07, 6.45) is -2.48. The van der Waals surface area contributed by atoms with Crippen LogP contribution >= 0.6 is 0 Å². The predicted molar refractivity (Wildman–Crippen MR) is 111 cm³/mol. The summed E-state index contributed by atoms with van der Waals surface area (Å²) in [6.45, 7) is 1.47. The fourth-order valence-electron chi connectivity index (χ4n) is 4.38. The number of rotatable bonds is 5. The number of ether oxygens (including phenoxy) is 1. The topological polar surface area (TPSA) is 104 Å². The first-order valence-electron chi connectivity index (χ1n) is 11.0. The molecule has 3 N–H and O–H groups in total. The number of piperidine rings is 1. The van der Waals surface area contributed by atoms with E-state index in [-0.39, 0.29) is 43.2 Å². The molecule has 3 fully saturated rings. The van der Waals surface area contributed by atoms with E-state index in [0.717, 1.165) is 19.4 Å². The van der Waals surface area contributed by atoms with Crippen LogP contribution in [0, 0.1) is 11.2 Å². The molecule has 0 aromatic carbocycles. The molecule has 1 amide bonds. The molecule has 4 rings (SSSR count). The van der Waals surface area contributed by atoms with E-state index in [2.05, 4.69) is 15.6 Å². The molecule has 14 heteroatoms. The summed E-state index contributed by atoms with van der Waals surface area (Å²) in [6, 6.07) is 1.04. The lowest BCUT2D eigenvalue weighted by Crippen LogP contribution is -2.40. The van der Waals surface area contributed by atoms with Crippen LogP contribution in [-0.2, 0) is 16.1 Å². The Morgan fingerprint density at radius 2 is 2.00 bits per heavy atom. The number of methoxy groups -OCH3 is 1. The number of aromatic nitrogens is 1. The van der Waals surface area contributed by atoms with E-state index in [9.17, 15) is 31.1 Å². The Morgan fingerprint density at radius 1 is 1.34 bits per heavy atom. The van der Waals surface area contributed by atoms with E-state index in [1.807, 2.05) is 0 Å². The van der Waals surface area contributed by atoms with Gasteiger partial charge in [-0.05, 0) is 38.3 Å². The first kappa shape index (κ1) is 26.8. The van der Waals surface area contributed by atoms with Gasteiger partial charge in [0.2, 0.25) is 11.8 Å². The summed E-state index contributed by atoms with van der Waals surface area (Å²) in [7, 11) is 1.42. The SMILES string of the molecule is COc1nc(N2CCC[C@@]3(C2)CC3(F)F)c(F)cc1CNC(=O)[C@@H]1CCCN1.O=C(O)C(F)(F)F. The number of aliphatic carboxylic acids is 1. The number of hydrogen-bond acceptors (Lipinski definition) is 6. The number of alkyl halides is 5. The van der Waals surface area contributed by atoms with Crippen molar-refractivity contribution in [3.8, 4) is 5.88 Å². The molecule has 1 aromatic rings. The first-order chi connectivity index (χ1) is 16.3. The minimum absolute atomic E-state index is 0.0335. The van der Waals surface area contributed by atoms with Gasteiger partial charge in [-0.1, -0.05) is 0 Å². The number of anilines is 1. The summed E-state index contributed by atoms with van der Waals surface area (Å²) in [5.41, 5.74) is -0.633. The van der Waals surface area contributed by atoms with Crippen molar-refractivity contribution in [3.63, 3.8) is 0 Å². The van der Waals surface area contributed by atoms with Crippen molar-refractivity contribution in [2.24, 2.45) is 5.41 Å². The molecule has 1 aromatic heterocycles. The first-order valence-corrected chi connectivity index (χ1v) is 11.0. The lowest BCUT2D eigenvalue weighted by Gasteiger charge is -2.34. The predicted octanol–water partition coefficient (Wildman–Crippen LogP) is 2.86. The highest BCUT2D eigenvalue weighted by Gasteiger charge is 2.71. The Balaban J connectivity index is 0.000000429. The maximum absolute atomic E-state index is 14.8. The van der Waals surface area contributed by atoms with Crippen LogP contribution in [0.5, 0.6) is 5.88 Å². The number of nitrogens with one attached hydrogen (secondary N) is 2. The summed E-state index contributed by atoms with van der Waals surface area (Å²) in [5.74, 6) is -5.94. The van der Waals surface area contributed by atoms with Crippen molar-refractivity contribution in [2.75, 3.05) is 31.6 Å². The van der Waals surface area contributed by atoms with Crippen molar-refractivity contribution < 1.29 is 45.8 Å². The van der Waals surface area contributed by atoms with Crippen LogP contribution in [0.2, 0.25) is 0 Å². The van der Waals surface area contributed by atoms with Gasteiger partial charge in [-0.25, -0.2) is 18.0 Å². The highest BCUT2D eigenvalue weighted by Crippen LogP contribution is 2.64. The maximum atomic E-state index is 14.8. The van der Waals surface area contributed by atoms with Crippen LogP contribution < -0.4 is 20.3 Å². The van der Waals surface area contributed by atoms with Gasteiger partial charge in [0.25, 0.3) is 5.92 Å². The van der Waals surface area contributed by atoms with Gasteiger partial charge in [-0.3, -0.25) is 4.79 Å². The third-order valence-corrected chi connectivity index (χ3v) is 6.35. The standard InChI is InChI=1S/C19H25F3N4O2.C2HF3O2/c1-28-17-12(9-24-16(27)14-4-2-6-23-14)8-13(20)15(25-17)26-7-3-5-18(11-26)10-19(18,21)22;3-2(4,5)1(6)7/h8,14,23H,2-7,9-11H2,1H3,(H,24,27);(H,6,7)/t14-,18-;/m0./s1. The van der Waals surface area contributed by atoms with Crippen LogP contribution in [0.3, 0.4) is 0 Å². The fourth-order valence-corrected chi connectivity index (χ4v) is 4.38. The zero-order chi connectivity index (χ0) is 26.0. The lowest BCUT2D eigenvalue weighted by molar-refractivity contribution is -0.192. The smallest absolute Gasteiger partial charge is 0.481 e. The van der Waals surface area contributed by atoms with E-state index in [0.29, 0.717) is 24.9 Å². The van der Waals surface area contributed by atoms with Crippen LogP contribution in [0.4, 0.5) is 32.2 Å². The van der Waals surface area contributed by atoms with Crippen molar-refractivity contribution >= 4 is 17.7 Å². The molecule has 196 valence electrons. The second-order valence-electron chi connectivity index (χ2n) is 8.82. The number of pyridine rings is 1. The van der Waals surface area contributed by atoms with Gasteiger partial charge in [-0.2, -0.15) is 18.2 Å². The molecule has 2 saturated heterocycles. The number of carboxylic acid groups (broad SMARTS) is 1. The molecule has 0 bridgehead atoms. The Hall–Kier alpha value is -2.77. The molecule has 0 unspecified atom stereocenters. The van der Waals surface area contributed by atoms with E-state index in [4.69, 9.17) is 14.6 Å². The quantitative estimate of drug-likeness (QED) is 0.522. The molecule has 8 nitrogen and oxygen atoms in total. The highest BCUT2D eigenvalue weighted by atomic mass is 19.4. The average Bonchev–Trinajstić information content (AvgIpc) is 3.13. The lowest BCUT2D eigenvalue weighted by atomic mass is 9.94. The van der Waals surface area contributed by atoms with Crippen LogP contribution in [0.15, 0.2) is 6.07 Å². The minimum Gasteiger partial charge on any atom is -0.481 e. The van der Waals surface area contributed by atoms with Crippen molar-refractivity contribution in [1.82, 2.24) is 15.6 Å². The molecular weight excluding hydrogens is 486 g/mol. The van der Waals surface area contributed by atoms with E-state index < -0.39 is 29.3 Å². The maximum Gasteiger partial charge on any atom is 0.490 e. The molecule has 1 saturated carbocycles. The zero-order valence-corrected chi connectivity index (χ0v) is 18.9. The number of amides is 1. The highest BCUT2D eigenvalue weighted by molar-refractivity contribution is 5.82. The molecular formula is C21H26F6N4O4. The molecule has 1 spiro atoms. The van der Waals surface area contributed by atoms with Gasteiger partial charge in [-0.15, -0.1) is 0 Å².